The van der Waals surface area contributed by atoms with E-state index in [9.17, 15) is 35.1 Å². The highest BCUT2D eigenvalue weighted by molar-refractivity contribution is 5.80. The fourth-order valence-electron chi connectivity index (χ4n) is 10.1. The minimum Gasteiger partial charge on any atom is -0.454 e. The van der Waals surface area contributed by atoms with Crippen molar-refractivity contribution in [2.75, 3.05) is 13.2 Å². The van der Waals surface area contributed by atoms with Crippen molar-refractivity contribution in [1.82, 2.24) is 5.32 Å². The Morgan fingerprint density at radius 2 is 0.911 bits per heavy atom. The topological polar surface area (TPSA) is 175 Å². The monoisotopic (exact) mass is 1110 g/mol. The van der Waals surface area contributed by atoms with Gasteiger partial charge in [0.1, 0.15) is 24.4 Å². The molecule has 1 aliphatic heterocycles. The molecule has 1 heterocycles. The molecule has 458 valence electrons. The molecule has 8 unspecified atom stereocenters. The summed E-state index contributed by atoms with van der Waals surface area (Å²) in [4.78, 5) is 26.5. The number of hydrogen-bond donors (Lipinski definition) is 6. The molecule has 0 bridgehead atoms. The van der Waals surface area contributed by atoms with Gasteiger partial charge in [-0.05, 0) is 38.5 Å². The normalized spacial score (nSPS) is 19.3. The molecule has 0 aromatic rings. The Hall–Kier alpha value is -2.90. The maximum Gasteiger partial charge on any atom is 0.306 e. The summed E-state index contributed by atoms with van der Waals surface area (Å²) in [5.41, 5.74) is 0. The number of carbonyl (C=O) groups is 2. The highest BCUT2D eigenvalue weighted by atomic mass is 16.7. The summed E-state index contributed by atoms with van der Waals surface area (Å²) >= 11 is 0. The van der Waals surface area contributed by atoms with Crippen molar-refractivity contribution in [1.29, 1.82) is 0 Å². The molecule has 8 atom stereocenters. The van der Waals surface area contributed by atoms with E-state index in [0.717, 1.165) is 51.4 Å². The van der Waals surface area contributed by atoms with E-state index < -0.39 is 67.4 Å². The molecule has 0 aromatic carbocycles. The SMILES string of the molecule is CC/C=C/C=C/C=C\C=C/C=C/CCCC(=O)OC1C(OCC(NC(=O)C(O)CCCCCCCCCCCCCCCCCCCCCCCCCCCC)C(O)/C=C/CCCCCCCCCCC)OC(CO)C(O)C1O. The van der Waals surface area contributed by atoms with Crippen molar-refractivity contribution in [3.05, 3.63) is 72.9 Å². The Kier molecular flexibility index (Phi) is 52.2. The Labute approximate surface area is 483 Å². The largest absolute Gasteiger partial charge is 0.454 e. The standard InChI is InChI=1S/C68H121NO10/c1-4-7-10-13-16-19-22-24-25-26-27-28-29-30-31-32-33-34-35-36-38-40-43-46-49-52-55-61(72)67(76)69-59(60(71)54-51-48-45-42-39-21-18-15-12-9-6-3)58-77-68-66(65(75)64(74)62(57-70)78-68)79-63(73)56-53-50-47-44-41-37-23-20-17-14-11-8-5-2/h8,11,14,17,20,23,37,41,44,47,51,54,59-62,64-66,68,70-72,74-75H,4-7,9-10,12-13,15-16,18-19,21-22,24-36,38-40,42-43,45-46,48-50,52-53,55-58H2,1-3H3,(H,69,76)/b11-8+,17-14+,23-20-,41-37-,47-44+,54-51+. The van der Waals surface area contributed by atoms with Gasteiger partial charge in [0.25, 0.3) is 0 Å². The molecular formula is C68H121NO10. The van der Waals surface area contributed by atoms with E-state index in [1.807, 2.05) is 60.8 Å². The molecule has 0 saturated carbocycles. The first kappa shape index (κ1) is 74.1. The van der Waals surface area contributed by atoms with Gasteiger partial charge in [-0.15, -0.1) is 0 Å². The molecule has 79 heavy (non-hydrogen) atoms. The summed E-state index contributed by atoms with van der Waals surface area (Å²) in [5.74, 6) is -1.27. The van der Waals surface area contributed by atoms with Gasteiger partial charge in [-0.2, -0.15) is 0 Å². The van der Waals surface area contributed by atoms with Crippen LogP contribution >= 0.6 is 0 Å². The lowest BCUT2D eigenvalue weighted by molar-refractivity contribution is -0.305. The van der Waals surface area contributed by atoms with Crippen LogP contribution in [0.25, 0.3) is 0 Å². The molecule has 0 radical (unpaired) electrons. The second-order valence-corrected chi connectivity index (χ2v) is 22.6. The Balaban J connectivity index is 2.57. The number of hydrogen-bond acceptors (Lipinski definition) is 10. The van der Waals surface area contributed by atoms with Crippen molar-refractivity contribution in [3.63, 3.8) is 0 Å². The maximum absolute atomic E-state index is 13.4. The van der Waals surface area contributed by atoms with Crippen LogP contribution < -0.4 is 5.32 Å². The van der Waals surface area contributed by atoms with E-state index in [1.54, 1.807) is 6.08 Å². The predicted octanol–water partition coefficient (Wildman–Crippen LogP) is 16.0. The van der Waals surface area contributed by atoms with E-state index in [0.29, 0.717) is 19.3 Å². The van der Waals surface area contributed by atoms with Gasteiger partial charge in [0, 0.05) is 6.42 Å². The zero-order valence-corrected chi connectivity index (χ0v) is 50.7. The van der Waals surface area contributed by atoms with Gasteiger partial charge in [0.05, 0.1) is 25.4 Å². The Morgan fingerprint density at radius 3 is 1.35 bits per heavy atom. The number of rotatable bonds is 55. The van der Waals surface area contributed by atoms with E-state index >= 15 is 0 Å². The molecule has 11 heteroatoms. The van der Waals surface area contributed by atoms with Crippen LogP contribution in [0.4, 0.5) is 0 Å². The molecule has 0 spiro atoms. The molecule has 1 saturated heterocycles. The molecule has 1 aliphatic rings. The lowest BCUT2D eigenvalue weighted by atomic mass is 9.99. The molecular weight excluding hydrogens is 991 g/mol. The third-order valence-corrected chi connectivity index (χ3v) is 15.3. The van der Waals surface area contributed by atoms with Crippen LogP contribution in [-0.4, -0.2) is 99.6 Å². The summed E-state index contributed by atoms with van der Waals surface area (Å²) in [6.07, 6.45) is 61.3. The molecule has 0 aliphatic carbocycles. The Bertz CT molecular complexity index is 1560. The number of aliphatic hydroxyl groups is 5. The second-order valence-electron chi connectivity index (χ2n) is 22.6. The Morgan fingerprint density at radius 1 is 0.506 bits per heavy atom. The molecule has 1 fully saturated rings. The van der Waals surface area contributed by atoms with Crippen molar-refractivity contribution < 1.29 is 49.3 Å². The quantitative estimate of drug-likeness (QED) is 0.0149. The average molecular weight is 1110 g/mol. The minimum atomic E-state index is -1.64. The van der Waals surface area contributed by atoms with Crippen molar-refractivity contribution in [3.8, 4) is 0 Å². The van der Waals surface area contributed by atoms with Crippen LogP contribution in [-0.2, 0) is 23.8 Å². The first-order valence-corrected chi connectivity index (χ1v) is 32.8. The van der Waals surface area contributed by atoms with Gasteiger partial charge >= 0.3 is 5.97 Å². The second kappa shape index (κ2) is 55.6. The summed E-state index contributed by atoms with van der Waals surface area (Å²) < 4.78 is 17.5. The van der Waals surface area contributed by atoms with Crippen molar-refractivity contribution in [2.45, 2.75) is 333 Å². The van der Waals surface area contributed by atoms with Gasteiger partial charge in [-0.3, -0.25) is 9.59 Å². The van der Waals surface area contributed by atoms with E-state index in [4.69, 9.17) is 14.2 Å². The van der Waals surface area contributed by atoms with E-state index in [-0.39, 0.29) is 19.4 Å². The average Bonchev–Trinajstić information content (AvgIpc) is 3.47. The number of carbonyl (C=O) groups excluding carboxylic acids is 2. The summed E-state index contributed by atoms with van der Waals surface area (Å²) in [6.45, 7) is 5.61. The highest BCUT2D eigenvalue weighted by Crippen LogP contribution is 2.26. The highest BCUT2D eigenvalue weighted by Gasteiger charge is 2.47. The van der Waals surface area contributed by atoms with E-state index in [2.05, 4.69) is 32.2 Å². The summed E-state index contributed by atoms with van der Waals surface area (Å²) in [7, 11) is 0. The van der Waals surface area contributed by atoms with Crippen LogP contribution in [0.5, 0.6) is 0 Å². The van der Waals surface area contributed by atoms with Crippen LogP contribution in [0.2, 0.25) is 0 Å². The van der Waals surface area contributed by atoms with Crippen molar-refractivity contribution in [2.24, 2.45) is 0 Å². The molecule has 0 aromatic heterocycles. The maximum atomic E-state index is 13.4. The van der Waals surface area contributed by atoms with Crippen LogP contribution in [0, 0.1) is 0 Å². The summed E-state index contributed by atoms with van der Waals surface area (Å²) in [5, 5.41) is 56.9. The zero-order chi connectivity index (χ0) is 57.5. The molecule has 11 nitrogen and oxygen atoms in total. The predicted molar refractivity (Wildman–Crippen MR) is 329 cm³/mol. The summed E-state index contributed by atoms with van der Waals surface area (Å²) in [6, 6.07) is -1.04. The first-order chi connectivity index (χ1) is 38.7. The number of unbranched alkanes of at least 4 members (excludes halogenated alkanes) is 35. The fourth-order valence-corrected chi connectivity index (χ4v) is 10.1. The molecule has 6 N–H and O–H groups in total. The smallest absolute Gasteiger partial charge is 0.306 e. The number of ether oxygens (including phenoxy) is 3. The van der Waals surface area contributed by atoms with Gasteiger partial charge in [0.15, 0.2) is 12.4 Å². The zero-order valence-electron chi connectivity index (χ0n) is 50.7. The number of aliphatic hydroxyl groups excluding tert-OH is 5. The lowest BCUT2D eigenvalue weighted by Gasteiger charge is -2.41. The lowest BCUT2D eigenvalue weighted by Crippen LogP contribution is -2.61. The van der Waals surface area contributed by atoms with Crippen LogP contribution in [0.15, 0.2) is 72.9 Å². The van der Waals surface area contributed by atoms with Gasteiger partial charge < -0.3 is 45.1 Å². The number of amides is 1. The van der Waals surface area contributed by atoms with Gasteiger partial charge in [-0.1, -0.05) is 312 Å². The number of nitrogens with one attached hydrogen (secondary N) is 1. The fraction of sp³-hybridized carbons (Fsp3) is 0.794. The minimum absolute atomic E-state index is 0.0260. The third kappa shape index (κ3) is 43.5. The number of allylic oxidation sites excluding steroid dienone is 11. The first-order valence-electron chi connectivity index (χ1n) is 32.8. The molecule has 1 rings (SSSR count). The van der Waals surface area contributed by atoms with Crippen molar-refractivity contribution >= 4 is 11.9 Å². The molecule has 1 amide bonds. The van der Waals surface area contributed by atoms with E-state index in [1.165, 1.54) is 180 Å². The van der Waals surface area contributed by atoms with Crippen LogP contribution in [0.1, 0.15) is 284 Å². The van der Waals surface area contributed by atoms with Gasteiger partial charge in [-0.25, -0.2) is 0 Å². The number of esters is 1. The van der Waals surface area contributed by atoms with Crippen LogP contribution in [0.3, 0.4) is 0 Å². The third-order valence-electron chi connectivity index (χ3n) is 15.3. The van der Waals surface area contributed by atoms with Gasteiger partial charge in [0.2, 0.25) is 5.91 Å².